The molecule has 0 spiro atoms. The third-order valence-corrected chi connectivity index (χ3v) is 6.40. The summed E-state index contributed by atoms with van der Waals surface area (Å²) in [5.41, 5.74) is 2.91. The fourth-order valence-electron chi connectivity index (χ4n) is 3.67. The lowest BCUT2D eigenvalue weighted by Crippen LogP contribution is -2.36. The van der Waals surface area contributed by atoms with Crippen LogP contribution in [0.3, 0.4) is 0 Å². The number of esters is 1. The topological polar surface area (TPSA) is 80.8 Å². The molecule has 0 N–H and O–H groups in total. The highest BCUT2D eigenvalue weighted by atomic mass is 35.5. The van der Waals surface area contributed by atoms with Crippen molar-refractivity contribution < 1.29 is 23.9 Å². The zero-order chi connectivity index (χ0) is 24.6. The number of imide groups is 1. The third kappa shape index (κ3) is 4.47. The van der Waals surface area contributed by atoms with E-state index in [-0.39, 0.29) is 21.2 Å². The molecule has 4 rings (SSSR count). The monoisotopic (exact) mass is 495 g/mol. The van der Waals surface area contributed by atoms with Crippen molar-refractivity contribution in [1.82, 2.24) is 4.90 Å². The number of carbonyl (C=O) groups excluding carboxylic acids is 4. The number of ether oxygens (including phenoxy) is 1. The molecule has 172 valence electrons. The van der Waals surface area contributed by atoms with Crippen molar-refractivity contribution in [3.05, 3.63) is 104 Å². The molecule has 34 heavy (non-hydrogen) atoms. The van der Waals surface area contributed by atoms with Crippen LogP contribution >= 0.6 is 23.2 Å². The number of hydrogen-bond donors (Lipinski definition) is 0. The fourth-order valence-corrected chi connectivity index (χ4v) is 4.00. The molecule has 0 fully saturated rings. The lowest BCUT2D eigenvalue weighted by Gasteiger charge is -2.20. The van der Waals surface area contributed by atoms with Gasteiger partial charge in [-0.1, -0.05) is 65.7 Å². The first-order valence-corrected chi connectivity index (χ1v) is 11.1. The first kappa shape index (κ1) is 23.7. The molecule has 1 aliphatic rings. The zero-order valence-electron chi connectivity index (χ0n) is 18.3. The Morgan fingerprint density at radius 2 is 1.44 bits per heavy atom. The Morgan fingerprint density at radius 3 is 2.00 bits per heavy atom. The van der Waals surface area contributed by atoms with Crippen molar-refractivity contribution in [3.8, 4) is 0 Å². The summed E-state index contributed by atoms with van der Waals surface area (Å²) in [6.45, 7) is 3.16. The average molecular weight is 496 g/mol. The van der Waals surface area contributed by atoms with E-state index in [1.54, 1.807) is 42.5 Å². The van der Waals surface area contributed by atoms with Gasteiger partial charge < -0.3 is 4.74 Å². The van der Waals surface area contributed by atoms with Crippen LogP contribution in [0.25, 0.3) is 0 Å². The van der Waals surface area contributed by atoms with E-state index in [0.29, 0.717) is 11.1 Å². The van der Waals surface area contributed by atoms with Crippen molar-refractivity contribution in [2.45, 2.75) is 20.0 Å². The minimum atomic E-state index is -1.24. The summed E-state index contributed by atoms with van der Waals surface area (Å²) >= 11 is 11.9. The van der Waals surface area contributed by atoms with Gasteiger partial charge in [0.15, 0.2) is 6.10 Å². The second-order valence-corrected chi connectivity index (χ2v) is 8.77. The maximum Gasteiger partial charge on any atom is 0.327 e. The third-order valence-electron chi connectivity index (χ3n) is 5.68. The molecule has 0 unspecified atom stereocenters. The molecule has 0 aliphatic carbocycles. The van der Waals surface area contributed by atoms with E-state index in [1.165, 1.54) is 12.1 Å². The van der Waals surface area contributed by atoms with E-state index >= 15 is 0 Å². The largest absolute Gasteiger partial charge is 0.448 e. The molecule has 6 nitrogen and oxygen atoms in total. The molecule has 1 heterocycles. The molecule has 1 atom stereocenters. The number of nitrogens with zero attached hydrogens (tertiary/aromatic N) is 1. The van der Waals surface area contributed by atoms with E-state index in [4.69, 9.17) is 27.9 Å². The lowest BCUT2D eigenvalue weighted by atomic mass is 9.97. The second kappa shape index (κ2) is 9.41. The molecule has 3 aromatic rings. The van der Waals surface area contributed by atoms with Gasteiger partial charge in [0, 0.05) is 11.1 Å². The Kier molecular flexibility index (Phi) is 6.55. The van der Waals surface area contributed by atoms with Crippen LogP contribution in [0.1, 0.15) is 53.9 Å². The summed E-state index contributed by atoms with van der Waals surface area (Å²) in [6, 6.07) is 16.4. The van der Waals surface area contributed by atoms with E-state index in [9.17, 15) is 19.2 Å². The Labute approximate surface area is 206 Å². The predicted molar refractivity (Wildman–Crippen MR) is 127 cm³/mol. The summed E-state index contributed by atoms with van der Waals surface area (Å²) < 4.78 is 5.54. The van der Waals surface area contributed by atoms with Crippen molar-refractivity contribution in [1.29, 1.82) is 0 Å². The molecule has 8 heteroatoms. The number of halogens is 2. The van der Waals surface area contributed by atoms with Crippen molar-refractivity contribution in [2.75, 3.05) is 6.54 Å². The number of aryl methyl sites for hydroxylation is 2. The van der Waals surface area contributed by atoms with E-state index in [0.717, 1.165) is 16.0 Å². The highest BCUT2D eigenvalue weighted by molar-refractivity contribution is 6.43. The van der Waals surface area contributed by atoms with Crippen LogP contribution in [-0.4, -0.2) is 35.0 Å². The summed E-state index contributed by atoms with van der Waals surface area (Å²) in [4.78, 5) is 52.3. The quantitative estimate of drug-likeness (QED) is 0.260. The van der Waals surface area contributed by atoms with Gasteiger partial charge in [0.25, 0.3) is 11.8 Å². The highest BCUT2D eigenvalue weighted by Crippen LogP contribution is 2.32. The number of hydrogen-bond acceptors (Lipinski definition) is 5. The van der Waals surface area contributed by atoms with Gasteiger partial charge in [0.05, 0.1) is 21.2 Å². The van der Waals surface area contributed by atoms with Gasteiger partial charge in [-0.15, -0.1) is 0 Å². The van der Waals surface area contributed by atoms with Crippen LogP contribution < -0.4 is 0 Å². The molecule has 0 aromatic heterocycles. The normalized spacial score (nSPS) is 13.6. The predicted octanol–water partition coefficient (Wildman–Crippen LogP) is 5.37. The van der Waals surface area contributed by atoms with Crippen LogP contribution in [0, 0.1) is 13.8 Å². The Bertz CT molecular complexity index is 1300. The van der Waals surface area contributed by atoms with E-state index in [1.807, 2.05) is 19.9 Å². The first-order valence-electron chi connectivity index (χ1n) is 10.4. The number of amides is 2. The van der Waals surface area contributed by atoms with Gasteiger partial charge in [0.1, 0.15) is 6.54 Å². The number of benzene rings is 3. The molecular formula is C26H19Cl2NO5. The van der Waals surface area contributed by atoms with Crippen LogP contribution in [0.4, 0.5) is 0 Å². The molecule has 0 bridgehead atoms. The van der Waals surface area contributed by atoms with Gasteiger partial charge in [-0.2, -0.15) is 0 Å². The van der Waals surface area contributed by atoms with Crippen LogP contribution in [0.15, 0.2) is 60.7 Å². The highest BCUT2D eigenvalue weighted by Gasteiger charge is 2.38. The molecule has 0 saturated heterocycles. The number of fused-ring (bicyclic) bond motifs is 1. The van der Waals surface area contributed by atoms with Gasteiger partial charge >= 0.3 is 5.97 Å². The fraction of sp³-hybridized carbons (Fsp3) is 0.154. The minimum absolute atomic E-state index is 0.0537. The number of carbonyl (C=O) groups is 4. The molecular weight excluding hydrogens is 477 g/mol. The van der Waals surface area contributed by atoms with Crippen LogP contribution in [0.2, 0.25) is 10.0 Å². The second-order valence-electron chi connectivity index (χ2n) is 7.95. The van der Waals surface area contributed by atoms with Crippen molar-refractivity contribution >= 4 is 46.8 Å². The average Bonchev–Trinajstić information content (AvgIpc) is 3.04. The smallest absolute Gasteiger partial charge is 0.327 e. The van der Waals surface area contributed by atoms with E-state index < -0.39 is 36.2 Å². The summed E-state index contributed by atoms with van der Waals surface area (Å²) in [5.74, 6) is -2.69. The molecule has 1 aliphatic heterocycles. The van der Waals surface area contributed by atoms with Gasteiger partial charge in [-0.05, 0) is 43.2 Å². The Morgan fingerprint density at radius 1 is 0.853 bits per heavy atom. The number of Topliss-reactive ketones (excluding diaryl/α,β-unsaturated/α-hetero) is 1. The van der Waals surface area contributed by atoms with Crippen molar-refractivity contribution in [3.63, 3.8) is 0 Å². The maximum absolute atomic E-state index is 13.3. The number of rotatable bonds is 6. The van der Waals surface area contributed by atoms with Crippen LogP contribution in [0.5, 0.6) is 0 Å². The molecule has 0 saturated carbocycles. The maximum atomic E-state index is 13.3. The molecule has 0 radical (unpaired) electrons. The SMILES string of the molecule is Cc1ccc(C(=O)[C@H](OC(=O)CN2C(=O)c3cc(Cl)c(Cl)cc3C2=O)c2ccccc2)cc1C. The Balaban J connectivity index is 1.58. The first-order chi connectivity index (χ1) is 16.2. The molecule has 3 aromatic carbocycles. The molecule has 2 amide bonds. The lowest BCUT2D eigenvalue weighted by molar-refractivity contribution is -0.147. The van der Waals surface area contributed by atoms with Gasteiger partial charge in [-0.3, -0.25) is 24.1 Å². The number of ketones is 1. The van der Waals surface area contributed by atoms with E-state index in [2.05, 4.69) is 0 Å². The zero-order valence-corrected chi connectivity index (χ0v) is 19.8. The standard InChI is InChI=1S/C26H19Cl2NO5/c1-14-8-9-17(10-15(14)2)23(31)24(16-6-4-3-5-7-16)34-22(30)13-29-25(32)18-11-20(27)21(28)12-19(18)26(29)33/h3-12,24H,13H2,1-2H3/t24-/m1/s1. The Hall–Kier alpha value is -3.48. The van der Waals surface area contributed by atoms with Crippen LogP contribution in [-0.2, 0) is 9.53 Å². The van der Waals surface area contributed by atoms with Gasteiger partial charge in [-0.25, -0.2) is 0 Å². The summed E-state index contributed by atoms with van der Waals surface area (Å²) in [5, 5.41) is 0.239. The minimum Gasteiger partial charge on any atom is -0.448 e. The van der Waals surface area contributed by atoms with Gasteiger partial charge in [0.2, 0.25) is 5.78 Å². The summed E-state index contributed by atoms with van der Waals surface area (Å²) in [7, 11) is 0. The van der Waals surface area contributed by atoms with Crippen molar-refractivity contribution in [2.24, 2.45) is 0 Å². The summed E-state index contributed by atoms with van der Waals surface area (Å²) in [6.07, 6.45) is -1.24.